The number of likely N-dealkylation sites (tertiary alicyclic amines) is 1. The summed E-state index contributed by atoms with van der Waals surface area (Å²) in [7, 11) is 0. The number of aliphatic carboxylic acids is 1. The van der Waals surface area contributed by atoms with Gasteiger partial charge in [0, 0.05) is 13.1 Å². The van der Waals surface area contributed by atoms with E-state index in [-0.39, 0.29) is 11.9 Å². The fourth-order valence-electron chi connectivity index (χ4n) is 1.92. The lowest BCUT2D eigenvalue weighted by Crippen LogP contribution is -2.49. The highest BCUT2D eigenvalue weighted by molar-refractivity contribution is 5.82. The molecule has 1 rings (SSSR count). The van der Waals surface area contributed by atoms with Gasteiger partial charge in [-0.3, -0.25) is 9.59 Å². The van der Waals surface area contributed by atoms with Gasteiger partial charge in [-0.2, -0.15) is 0 Å². The van der Waals surface area contributed by atoms with Crippen molar-refractivity contribution in [3.63, 3.8) is 0 Å². The number of esters is 1. The summed E-state index contributed by atoms with van der Waals surface area (Å²) in [5.74, 6) is -1.46. The molecule has 0 aromatic rings. The largest absolute Gasteiger partial charge is 0.480 e. The normalized spacial score (nSPS) is 17.7. The number of nitrogens with one attached hydrogen (secondary N) is 1. The van der Waals surface area contributed by atoms with Gasteiger partial charge in [0.15, 0.2) is 0 Å². The molecule has 0 radical (unpaired) electrons. The number of rotatable bonds is 4. The lowest BCUT2D eigenvalue weighted by molar-refractivity contribution is -0.149. The van der Waals surface area contributed by atoms with E-state index < -0.39 is 18.0 Å². The van der Waals surface area contributed by atoms with Gasteiger partial charge < -0.3 is 20.1 Å². The third-order valence-corrected chi connectivity index (χ3v) is 3.11. The quantitative estimate of drug-likeness (QED) is 0.724. The first-order chi connectivity index (χ1) is 8.95. The van der Waals surface area contributed by atoms with E-state index in [4.69, 9.17) is 9.84 Å². The minimum atomic E-state index is -1.07. The number of piperidine rings is 1. The average Bonchev–Trinajstić information content (AvgIpc) is 2.39. The van der Waals surface area contributed by atoms with Crippen molar-refractivity contribution in [2.24, 2.45) is 5.92 Å². The molecule has 1 aliphatic heterocycles. The molecule has 0 aliphatic carbocycles. The molecule has 0 saturated carbocycles. The summed E-state index contributed by atoms with van der Waals surface area (Å²) in [6.45, 7) is 4.39. The molecule has 0 unspecified atom stereocenters. The zero-order valence-corrected chi connectivity index (χ0v) is 11.2. The lowest BCUT2D eigenvalue weighted by Gasteiger charge is -2.31. The van der Waals surface area contributed by atoms with Crippen molar-refractivity contribution in [1.29, 1.82) is 0 Å². The Morgan fingerprint density at radius 1 is 1.37 bits per heavy atom. The number of hydrogen-bond donors (Lipinski definition) is 2. The van der Waals surface area contributed by atoms with E-state index >= 15 is 0 Å². The molecular formula is C12H20N2O5. The Bertz CT molecular complexity index is 350. The Morgan fingerprint density at radius 2 is 1.95 bits per heavy atom. The molecule has 1 aliphatic rings. The first-order valence-electron chi connectivity index (χ1n) is 6.40. The van der Waals surface area contributed by atoms with E-state index in [1.165, 1.54) is 11.8 Å². The van der Waals surface area contributed by atoms with Crippen molar-refractivity contribution in [3.05, 3.63) is 0 Å². The van der Waals surface area contributed by atoms with E-state index in [0.29, 0.717) is 32.5 Å². The summed E-state index contributed by atoms with van der Waals surface area (Å²) in [5.41, 5.74) is 0. The highest BCUT2D eigenvalue weighted by atomic mass is 16.5. The van der Waals surface area contributed by atoms with Gasteiger partial charge in [-0.15, -0.1) is 0 Å². The number of carboxylic acids is 1. The van der Waals surface area contributed by atoms with Crippen molar-refractivity contribution in [2.75, 3.05) is 19.7 Å². The Balaban J connectivity index is 2.39. The van der Waals surface area contributed by atoms with Crippen LogP contribution in [-0.4, -0.2) is 53.7 Å². The lowest BCUT2D eigenvalue weighted by atomic mass is 9.97. The minimum Gasteiger partial charge on any atom is -0.480 e. The van der Waals surface area contributed by atoms with Gasteiger partial charge >= 0.3 is 18.0 Å². The third-order valence-electron chi connectivity index (χ3n) is 3.11. The number of urea groups is 1. The van der Waals surface area contributed by atoms with Gasteiger partial charge in [0.2, 0.25) is 0 Å². The van der Waals surface area contributed by atoms with E-state index in [1.807, 2.05) is 0 Å². The SMILES string of the molecule is CCOC(=O)C1CCN(C(=O)N[C@@H](C)C(=O)O)CC1. The molecule has 0 aromatic carbocycles. The first-order valence-corrected chi connectivity index (χ1v) is 6.40. The van der Waals surface area contributed by atoms with Crippen molar-refractivity contribution in [1.82, 2.24) is 10.2 Å². The summed E-state index contributed by atoms with van der Waals surface area (Å²) in [4.78, 5) is 35.4. The van der Waals surface area contributed by atoms with Gasteiger partial charge in [-0.1, -0.05) is 0 Å². The van der Waals surface area contributed by atoms with Gasteiger partial charge in [0.1, 0.15) is 6.04 Å². The third kappa shape index (κ3) is 4.42. The van der Waals surface area contributed by atoms with E-state index in [1.54, 1.807) is 6.92 Å². The van der Waals surface area contributed by atoms with Crippen LogP contribution in [0.25, 0.3) is 0 Å². The van der Waals surface area contributed by atoms with Crippen molar-refractivity contribution >= 4 is 18.0 Å². The van der Waals surface area contributed by atoms with Gasteiger partial charge in [-0.25, -0.2) is 4.79 Å². The van der Waals surface area contributed by atoms with Gasteiger partial charge in [0.25, 0.3) is 0 Å². The van der Waals surface area contributed by atoms with Crippen LogP contribution < -0.4 is 5.32 Å². The standard InChI is InChI=1S/C12H20N2O5/c1-3-19-11(17)9-4-6-14(7-5-9)12(18)13-8(2)10(15)16/h8-9H,3-7H2,1-2H3,(H,13,18)(H,15,16)/t8-/m0/s1. The molecule has 108 valence electrons. The van der Waals surface area contributed by atoms with Crippen LogP contribution in [0.2, 0.25) is 0 Å². The highest BCUT2D eigenvalue weighted by Gasteiger charge is 2.29. The van der Waals surface area contributed by atoms with Crippen molar-refractivity contribution in [2.45, 2.75) is 32.7 Å². The van der Waals surface area contributed by atoms with Crippen LogP contribution in [0.1, 0.15) is 26.7 Å². The van der Waals surface area contributed by atoms with Crippen LogP contribution in [0.3, 0.4) is 0 Å². The summed E-state index contributed by atoms with van der Waals surface area (Å²) in [6.07, 6.45) is 1.10. The maximum atomic E-state index is 11.8. The number of hydrogen-bond acceptors (Lipinski definition) is 4. The van der Waals surface area contributed by atoms with Crippen LogP contribution in [0.15, 0.2) is 0 Å². The van der Waals surface area contributed by atoms with Crippen molar-refractivity contribution in [3.8, 4) is 0 Å². The second kappa shape index (κ2) is 6.96. The Morgan fingerprint density at radius 3 is 2.42 bits per heavy atom. The van der Waals surface area contributed by atoms with E-state index in [0.717, 1.165) is 0 Å². The zero-order valence-electron chi connectivity index (χ0n) is 11.2. The van der Waals surface area contributed by atoms with Gasteiger partial charge in [-0.05, 0) is 26.7 Å². The van der Waals surface area contributed by atoms with Crippen LogP contribution in [0.4, 0.5) is 4.79 Å². The molecule has 0 spiro atoms. The number of amides is 2. The smallest absolute Gasteiger partial charge is 0.325 e. The fourth-order valence-corrected chi connectivity index (χ4v) is 1.92. The predicted molar refractivity (Wildman–Crippen MR) is 66.6 cm³/mol. The van der Waals surface area contributed by atoms with Crippen LogP contribution >= 0.6 is 0 Å². The van der Waals surface area contributed by atoms with Crippen molar-refractivity contribution < 1.29 is 24.2 Å². The molecular weight excluding hydrogens is 252 g/mol. The second-order valence-electron chi connectivity index (χ2n) is 4.52. The molecule has 1 saturated heterocycles. The van der Waals surface area contributed by atoms with Crippen LogP contribution in [-0.2, 0) is 14.3 Å². The Kier molecular flexibility index (Phi) is 5.59. The Hall–Kier alpha value is -1.79. The zero-order chi connectivity index (χ0) is 14.4. The molecule has 2 N–H and O–H groups in total. The summed E-state index contributed by atoms with van der Waals surface area (Å²) >= 11 is 0. The molecule has 1 atom stereocenters. The number of ether oxygens (including phenoxy) is 1. The molecule has 0 bridgehead atoms. The molecule has 7 nitrogen and oxygen atoms in total. The molecule has 19 heavy (non-hydrogen) atoms. The summed E-state index contributed by atoms with van der Waals surface area (Å²) < 4.78 is 4.94. The number of carbonyl (C=O) groups excluding carboxylic acids is 2. The van der Waals surface area contributed by atoms with Crippen LogP contribution in [0, 0.1) is 5.92 Å². The monoisotopic (exact) mass is 272 g/mol. The Labute approximate surface area is 111 Å². The molecule has 0 aromatic heterocycles. The average molecular weight is 272 g/mol. The molecule has 2 amide bonds. The van der Waals surface area contributed by atoms with Crippen LogP contribution in [0.5, 0.6) is 0 Å². The molecule has 1 fully saturated rings. The predicted octanol–water partition coefficient (Wildman–Crippen LogP) is 0.444. The number of carbonyl (C=O) groups is 3. The fraction of sp³-hybridized carbons (Fsp3) is 0.750. The van der Waals surface area contributed by atoms with Gasteiger partial charge in [0.05, 0.1) is 12.5 Å². The first kappa shape index (κ1) is 15.3. The summed E-state index contributed by atoms with van der Waals surface area (Å²) in [6, 6.07) is -1.33. The second-order valence-corrected chi connectivity index (χ2v) is 4.52. The molecule has 7 heteroatoms. The number of nitrogens with zero attached hydrogens (tertiary/aromatic N) is 1. The summed E-state index contributed by atoms with van der Waals surface area (Å²) in [5, 5.41) is 11.1. The van der Waals surface area contributed by atoms with E-state index in [2.05, 4.69) is 5.32 Å². The maximum Gasteiger partial charge on any atom is 0.325 e. The maximum absolute atomic E-state index is 11.8. The molecule has 1 heterocycles. The minimum absolute atomic E-state index is 0.166. The van der Waals surface area contributed by atoms with E-state index in [9.17, 15) is 14.4 Å². The number of carboxylic acid groups (broad SMARTS) is 1. The topological polar surface area (TPSA) is 95.9 Å². The highest BCUT2D eigenvalue weighted by Crippen LogP contribution is 2.18.